The van der Waals surface area contributed by atoms with Crippen molar-refractivity contribution in [3.05, 3.63) is 43.0 Å². The molecule has 2 aromatic rings. The summed E-state index contributed by atoms with van der Waals surface area (Å²) in [5.41, 5.74) is 1.86. The molecular formula is C15H18N4O. The minimum Gasteiger partial charge on any atom is -0.326 e. The second kappa shape index (κ2) is 5.46. The second-order valence-electron chi connectivity index (χ2n) is 5.21. The summed E-state index contributed by atoms with van der Waals surface area (Å²) in [6.07, 6.45) is 5.38. The second-order valence-corrected chi connectivity index (χ2v) is 5.21. The number of imidazole rings is 1. The zero-order chi connectivity index (χ0) is 13.9. The SMILES string of the molecule is CC(C(=O)Nc1ccc(-n2ccnc2)cc1)C1CNC1. The van der Waals surface area contributed by atoms with Crippen LogP contribution in [0.4, 0.5) is 5.69 Å². The van der Waals surface area contributed by atoms with E-state index in [1.807, 2.05) is 42.0 Å². The largest absolute Gasteiger partial charge is 0.326 e. The van der Waals surface area contributed by atoms with Gasteiger partial charge in [-0.05, 0) is 43.3 Å². The van der Waals surface area contributed by atoms with Gasteiger partial charge in [0.2, 0.25) is 5.91 Å². The molecule has 1 amide bonds. The average molecular weight is 270 g/mol. The molecule has 1 aliphatic heterocycles. The average Bonchev–Trinajstić information content (AvgIpc) is 2.91. The van der Waals surface area contributed by atoms with Crippen LogP contribution in [0.2, 0.25) is 0 Å². The molecule has 1 aromatic carbocycles. The van der Waals surface area contributed by atoms with Crippen LogP contribution in [0, 0.1) is 11.8 Å². The fourth-order valence-electron chi connectivity index (χ4n) is 2.26. The summed E-state index contributed by atoms with van der Waals surface area (Å²) in [4.78, 5) is 16.1. The summed E-state index contributed by atoms with van der Waals surface area (Å²) >= 11 is 0. The maximum Gasteiger partial charge on any atom is 0.227 e. The van der Waals surface area contributed by atoms with Crippen molar-refractivity contribution in [2.45, 2.75) is 6.92 Å². The number of rotatable bonds is 4. The number of carbonyl (C=O) groups is 1. The van der Waals surface area contributed by atoms with Crippen molar-refractivity contribution in [1.82, 2.24) is 14.9 Å². The Morgan fingerprint density at radius 3 is 2.70 bits per heavy atom. The van der Waals surface area contributed by atoms with Gasteiger partial charge in [-0.25, -0.2) is 4.98 Å². The minimum atomic E-state index is 0.0459. The highest BCUT2D eigenvalue weighted by Crippen LogP contribution is 2.19. The van der Waals surface area contributed by atoms with Crippen LogP contribution in [0.3, 0.4) is 0 Å². The van der Waals surface area contributed by atoms with E-state index in [0.29, 0.717) is 5.92 Å². The van der Waals surface area contributed by atoms with E-state index in [2.05, 4.69) is 15.6 Å². The number of hydrogen-bond acceptors (Lipinski definition) is 3. The molecule has 0 radical (unpaired) electrons. The van der Waals surface area contributed by atoms with Crippen molar-refractivity contribution in [2.75, 3.05) is 18.4 Å². The molecule has 20 heavy (non-hydrogen) atoms. The highest BCUT2D eigenvalue weighted by atomic mass is 16.1. The van der Waals surface area contributed by atoms with Crippen LogP contribution in [-0.2, 0) is 4.79 Å². The van der Waals surface area contributed by atoms with Crippen LogP contribution < -0.4 is 10.6 Å². The quantitative estimate of drug-likeness (QED) is 0.888. The molecule has 5 heteroatoms. The van der Waals surface area contributed by atoms with Gasteiger partial charge < -0.3 is 15.2 Å². The van der Waals surface area contributed by atoms with Crippen LogP contribution in [0.1, 0.15) is 6.92 Å². The molecule has 0 saturated carbocycles. The maximum absolute atomic E-state index is 12.1. The summed E-state index contributed by atoms with van der Waals surface area (Å²) in [6.45, 7) is 3.86. The Labute approximate surface area is 118 Å². The van der Waals surface area contributed by atoms with E-state index in [4.69, 9.17) is 0 Å². The van der Waals surface area contributed by atoms with Gasteiger partial charge in [0.1, 0.15) is 0 Å². The first-order valence-corrected chi connectivity index (χ1v) is 6.84. The van der Waals surface area contributed by atoms with Gasteiger partial charge >= 0.3 is 0 Å². The van der Waals surface area contributed by atoms with Crippen molar-refractivity contribution >= 4 is 11.6 Å². The smallest absolute Gasteiger partial charge is 0.227 e. The third-order valence-corrected chi connectivity index (χ3v) is 3.87. The van der Waals surface area contributed by atoms with Gasteiger partial charge in [0.05, 0.1) is 6.33 Å². The fraction of sp³-hybridized carbons (Fsp3) is 0.333. The predicted octanol–water partition coefficient (Wildman–Crippen LogP) is 1.67. The van der Waals surface area contributed by atoms with E-state index < -0.39 is 0 Å². The lowest BCUT2D eigenvalue weighted by Gasteiger charge is -2.31. The first-order valence-electron chi connectivity index (χ1n) is 6.84. The van der Waals surface area contributed by atoms with Crippen LogP contribution in [-0.4, -0.2) is 28.5 Å². The van der Waals surface area contributed by atoms with Crippen molar-refractivity contribution < 1.29 is 4.79 Å². The van der Waals surface area contributed by atoms with Crippen LogP contribution in [0.5, 0.6) is 0 Å². The first kappa shape index (κ1) is 12.9. The van der Waals surface area contributed by atoms with Gasteiger partial charge in [0.15, 0.2) is 0 Å². The lowest BCUT2D eigenvalue weighted by Crippen LogP contribution is -2.48. The molecule has 1 aliphatic rings. The molecule has 0 bridgehead atoms. The minimum absolute atomic E-state index is 0.0459. The number of amides is 1. The molecule has 1 unspecified atom stereocenters. The van der Waals surface area contributed by atoms with E-state index in [1.165, 1.54) is 0 Å². The van der Waals surface area contributed by atoms with Gasteiger partial charge in [-0.1, -0.05) is 6.92 Å². The number of carbonyl (C=O) groups excluding carboxylic acids is 1. The van der Waals surface area contributed by atoms with Crippen molar-refractivity contribution in [1.29, 1.82) is 0 Å². The number of benzene rings is 1. The maximum atomic E-state index is 12.1. The Balaban J connectivity index is 1.64. The number of anilines is 1. The van der Waals surface area contributed by atoms with Gasteiger partial charge in [0, 0.05) is 29.7 Å². The molecule has 1 fully saturated rings. The summed E-state index contributed by atoms with van der Waals surface area (Å²) < 4.78 is 1.92. The van der Waals surface area contributed by atoms with Gasteiger partial charge in [-0.3, -0.25) is 4.79 Å². The lowest BCUT2D eigenvalue weighted by molar-refractivity contribution is -0.121. The van der Waals surface area contributed by atoms with E-state index >= 15 is 0 Å². The van der Waals surface area contributed by atoms with Crippen molar-refractivity contribution in [3.63, 3.8) is 0 Å². The molecule has 5 nitrogen and oxygen atoms in total. The molecule has 0 spiro atoms. The summed E-state index contributed by atoms with van der Waals surface area (Å²) in [5, 5.41) is 6.17. The zero-order valence-electron chi connectivity index (χ0n) is 11.4. The van der Waals surface area contributed by atoms with E-state index in [9.17, 15) is 4.79 Å². The highest BCUT2D eigenvalue weighted by Gasteiger charge is 2.28. The fourth-order valence-corrected chi connectivity index (χ4v) is 2.26. The molecule has 2 heterocycles. The molecule has 2 N–H and O–H groups in total. The van der Waals surface area contributed by atoms with Gasteiger partial charge in [-0.15, -0.1) is 0 Å². The van der Waals surface area contributed by atoms with Gasteiger partial charge in [-0.2, -0.15) is 0 Å². The third-order valence-electron chi connectivity index (χ3n) is 3.87. The molecule has 1 saturated heterocycles. The standard InChI is InChI=1S/C15H18N4O/c1-11(12-8-17-9-12)15(20)18-13-2-4-14(5-3-13)19-7-6-16-10-19/h2-7,10-12,17H,8-9H2,1H3,(H,18,20). The zero-order valence-corrected chi connectivity index (χ0v) is 11.4. The summed E-state index contributed by atoms with van der Waals surface area (Å²) in [7, 11) is 0. The van der Waals surface area contributed by atoms with Crippen LogP contribution >= 0.6 is 0 Å². The van der Waals surface area contributed by atoms with Crippen LogP contribution in [0.15, 0.2) is 43.0 Å². The Morgan fingerprint density at radius 2 is 2.15 bits per heavy atom. The van der Waals surface area contributed by atoms with E-state index in [-0.39, 0.29) is 11.8 Å². The number of hydrogen-bond donors (Lipinski definition) is 2. The molecular weight excluding hydrogens is 252 g/mol. The first-order chi connectivity index (χ1) is 9.74. The normalized spacial score (nSPS) is 16.4. The molecule has 1 aromatic heterocycles. The molecule has 1 atom stereocenters. The topological polar surface area (TPSA) is 59.0 Å². The Hall–Kier alpha value is -2.14. The van der Waals surface area contributed by atoms with E-state index in [1.54, 1.807) is 12.5 Å². The van der Waals surface area contributed by atoms with E-state index in [0.717, 1.165) is 24.5 Å². The van der Waals surface area contributed by atoms with Crippen LogP contribution in [0.25, 0.3) is 5.69 Å². The van der Waals surface area contributed by atoms with Gasteiger partial charge in [0.25, 0.3) is 0 Å². The third kappa shape index (κ3) is 2.58. The highest BCUT2D eigenvalue weighted by molar-refractivity contribution is 5.92. The summed E-state index contributed by atoms with van der Waals surface area (Å²) in [6, 6.07) is 7.76. The predicted molar refractivity (Wildman–Crippen MR) is 77.7 cm³/mol. The molecule has 0 aliphatic carbocycles. The monoisotopic (exact) mass is 270 g/mol. The number of nitrogens with one attached hydrogen (secondary N) is 2. The number of aromatic nitrogens is 2. The molecule has 3 rings (SSSR count). The number of nitrogens with zero attached hydrogens (tertiary/aromatic N) is 2. The Bertz CT molecular complexity index is 572. The van der Waals surface area contributed by atoms with Crippen molar-refractivity contribution in [3.8, 4) is 5.69 Å². The summed E-state index contributed by atoms with van der Waals surface area (Å²) in [5.74, 6) is 0.594. The molecule has 104 valence electrons. The Kier molecular flexibility index (Phi) is 3.52. The van der Waals surface area contributed by atoms with Crippen molar-refractivity contribution in [2.24, 2.45) is 11.8 Å². The Morgan fingerprint density at radius 1 is 1.40 bits per heavy atom. The lowest BCUT2D eigenvalue weighted by atomic mass is 9.88.